The lowest BCUT2D eigenvalue weighted by Crippen LogP contribution is -2.40. The Kier molecular flexibility index (Phi) is 5.32. The fraction of sp³-hybridized carbons (Fsp3) is 0.684. The summed E-state index contributed by atoms with van der Waals surface area (Å²) in [5, 5.41) is 3.70. The summed E-state index contributed by atoms with van der Waals surface area (Å²) < 4.78 is 0. The summed E-state index contributed by atoms with van der Waals surface area (Å²) in [5.74, 6) is 0.977. The molecule has 1 aromatic rings. The Bertz CT molecular complexity index is 411. The van der Waals surface area contributed by atoms with Crippen molar-refractivity contribution < 1.29 is 0 Å². The summed E-state index contributed by atoms with van der Waals surface area (Å²) in [6.45, 7) is 5.74. The van der Waals surface area contributed by atoms with Crippen molar-refractivity contribution in [2.75, 3.05) is 19.6 Å². The molecule has 2 aliphatic rings. The number of nitrogens with one attached hydrogen (secondary N) is 1. The Hall–Kier alpha value is -0.860. The van der Waals surface area contributed by atoms with Gasteiger partial charge in [0.15, 0.2) is 0 Å². The molecule has 116 valence electrons. The Morgan fingerprint density at radius 3 is 2.57 bits per heavy atom. The van der Waals surface area contributed by atoms with Gasteiger partial charge in [-0.05, 0) is 50.3 Å². The van der Waals surface area contributed by atoms with Gasteiger partial charge in [-0.3, -0.25) is 4.90 Å². The van der Waals surface area contributed by atoms with E-state index < -0.39 is 0 Å². The van der Waals surface area contributed by atoms with Crippen LogP contribution in [0, 0.1) is 5.92 Å². The standard InChI is InChI=1S/C19H30N2/c1-2-20-18(16-9-4-3-5-10-16)15-21-14-8-13-19(21)17-11-6-7-12-17/h3-5,9-10,17-20H,2,6-8,11-15H2,1H3. The molecule has 1 heterocycles. The van der Waals surface area contributed by atoms with Crippen molar-refractivity contribution in [3.8, 4) is 0 Å². The average Bonchev–Trinajstić information content (AvgIpc) is 3.18. The van der Waals surface area contributed by atoms with E-state index in [9.17, 15) is 0 Å². The van der Waals surface area contributed by atoms with Crippen LogP contribution in [0.3, 0.4) is 0 Å². The minimum atomic E-state index is 0.484. The van der Waals surface area contributed by atoms with Crippen LogP contribution in [0.5, 0.6) is 0 Å². The van der Waals surface area contributed by atoms with E-state index in [0.29, 0.717) is 6.04 Å². The number of hydrogen-bond acceptors (Lipinski definition) is 2. The van der Waals surface area contributed by atoms with Gasteiger partial charge in [0, 0.05) is 18.6 Å². The Morgan fingerprint density at radius 2 is 1.86 bits per heavy atom. The molecule has 1 saturated carbocycles. The molecule has 1 aromatic carbocycles. The van der Waals surface area contributed by atoms with Gasteiger partial charge < -0.3 is 5.32 Å². The van der Waals surface area contributed by atoms with E-state index in [0.717, 1.165) is 18.5 Å². The van der Waals surface area contributed by atoms with Crippen molar-refractivity contribution in [1.82, 2.24) is 10.2 Å². The molecule has 2 fully saturated rings. The molecule has 0 amide bonds. The van der Waals surface area contributed by atoms with Gasteiger partial charge >= 0.3 is 0 Å². The first-order valence-electron chi connectivity index (χ1n) is 8.91. The highest BCUT2D eigenvalue weighted by atomic mass is 15.2. The third-order valence-corrected chi connectivity index (χ3v) is 5.43. The fourth-order valence-corrected chi connectivity index (χ4v) is 4.41. The summed E-state index contributed by atoms with van der Waals surface area (Å²) in [6, 6.07) is 12.3. The van der Waals surface area contributed by atoms with Crippen molar-refractivity contribution in [1.29, 1.82) is 0 Å². The molecule has 0 spiro atoms. The Balaban J connectivity index is 1.66. The van der Waals surface area contributed by atoms with Gasteiger partial charge in [-0.2, -0.15) is 0 Å². The van der Waals surface area contributed by atoms with E-state index >= 15 is 0 Å². The lowest BCUT2D eigenvalue weighted by atomic mass is 9.95. The maximum Gasteiger partial charge on any atom is 0.0449 e. The lowest BCUT2D eigenvalue weighted by molar-refractivity contribution is 0.173. The molecular formula is C19H30N2. The smallest absolute Gasteiger partial charge is 0.0449 e. The van der Waals surface area contributed by atoms with Crippen molar-refractivity contribution in [3.05, 3.63) is 35.9 Å². The highest BCUT2D eigenvalue weighted by molar-refractivity contribution is 5.19. The third kappa shape index (κ3) is 3.67. The van der Waals surface area contributed by atoms with Gasteiger partial charge in [0.05, 0.1) is 0 Å². The largest absolute Gasteiger partial charge is 0.309 e. The highest BCUT2D eigenvalue weighted by Gasteiger charge is 2.34. The monoisotopic (exact) mass is 286 g/mol. The maximum absolute atomic E-state index is 3.70. The van der Waals surface area contributed by atoms with Crippen LogP contribution < -0.4 is 5.32 Å². The molecule has 0 radical (unpaired) electrons. The molecule has 21 heavy (non-hydrogen) atoms. The van der Waals surface area contributed by atoms with E-state index in [4.69, 9.17) is 0 Å². The number of likely N-dealkylation sites (tertiary alicyclic amines) is 1. The van der Waals surface area contributed by atoms with E-state index in [2.05, 4.69) is 47.5 Å². The van der Waals surface area contributed by atoms with Crippen LogP contribution in [0.1, 0.15) is 57.1 Å². The number of benzene rings is 1. The third-order valence-electron chi connectivity index (χ3n) is 5.43. The summed E-state index contributed by atoms with van der Waals surface area (Å²) in [4.78, 5) is 2.79. The molecule has 1 N–H and O–H groups in total. The molecule has 2 heteroatoms. The van der Waals surface area contributed by atoms with Crippen molar-refractivity contribution >= 4 is 0 Å². The molecule has 2 atom stereocenters. The first kappa shape index (κ1) is 15.1. The Labute approximate surface area is 129 Å². The van der Waals surface area contributed by atoms with Gasteiger partial charge in [0.2, 0.25) is 0 Å². The van der Waals surface area contributed by atoms with Gasteiger partial charge in [0.1, 0.15) is 0 Å². The van der Waals surface area contributed by atoms with E-state index in [1.165, 1.54) is 57.2 Å². The second-order valence-electron chi connectivity index (χ2n) is 6.77. The zero-order valence-corrected chi connectivity index (χ0v) is 13.4. The molecule has 3 rings (SSSR count). The van der Waals surface area contributed by atoms with E-state index in [-0.39, 0.29) is 0 Å². The normalized spacial score (nSPS) is 25.5. The molecule has 0 aromatic heterocycles. The van der Waals surface area contributed by atoms with Gasteiger partial charge in [-0.1, -0.05) is 50.1 Å². The van der Waals surface area contributed by atoms with Crippen LogP contribution in [0.15, 0.2) is 30.3 Å². The van der Waals surface area contributed by atoms with Crippen molar-refractivity contribution in [2.45, 2.75) is 57.5 Å². The molecule has 1 saturated heterocycles. The maximum atomic E-state index is 3.70. The predicted molar refractivity (Wildman–Crippen MR) is 89.4 cm³/mol. The molecule has 2 unspecified atom stereocenters. The second kappa shape index (κ2) is 7.42. The van der Waals surface area contributed by atoms with Crippen LogP contribution in [0.2, 0.25) is 0 Å². The second-order valence-corrected chi connectivity index (χ2v) is 6.77. The lowest BCUT2D eigenvalue weighted by Gasteiger charge is -2.33. The quantitative estimate of drug-likeness (QED) is 0.850. The van der Waals surface area contributed by atoms with E-state index in [1.54, 1.807) is 0 Å². The van der Waals surface area contributed by atoms with Crippen LogP contribution in [0.4, 0.5) is 0 Å². The summed E-state index contributed by atoms with van der Waals surface area (Å²) >= 11 is 0. The summed E-state index contributed by atoms with van der Waals surface area (Å²) in [6.07, 6.45) is 8.69. The first-order chi connectivity index (χ1) is 10.4. The van der Waals surface area contributed by atoms with Crippen LogP contribution in [0.25, 0.3) is 0 Å². The SMILES string of the molecule is CCNC(CN1CCCC1C1CCCC1)c1ccccc1. The molecule has 0 bridgehead atoms. The zero-order valence-electron chi connectivity index (χ0n) is 13.4. The average molecular weight is 286 g/mol. The number of likely N-dealkylation sites (N-methyl/N-ethyl adjacent to an activating group) is 1. The predicted octanol–water partition coefficient (Wildman–Crippen LogP) is 3.99. The van der Waals surface area contributed by atoms with Crippen molar-refractivity contribution in [2.24, 2.45) is 5.92 Å². The first-order valence-corrected chi connectivity index (χ1v) is 8.91. The fourth-order valence-electron chi connectivity index (χ4n) is 4.41. The minimum absolute atomic E-state index is 0.484. The topological polar surface area (TPSA) is 15.3 Å². The number of hydrogen-bond donors (Lipinski definition) is 1. The van der Waals surface area contributed by atoms with Crippen LogP contribution in [-0.2, 0) is 0 Å². The molecular weight excluding hydrogens is 256 g/mol. The van der Waals surface area contributed by atoms with Crippen LogP contribution in [-0.4, -0.2) is 30.6 Å². The summed E-state index contributed by atoms with van der Waals surface area (Å²) in [7, 11) is 0. The Morgan fingerprint density at radius 1 is 1.10 bits per heavy atom. The highest BCUT2D eigenvalue weighted by Crippen LogP contribution is 2.36. The molecule has 2 nitrogen and oxygen atoms in total. The zero-order chi connectivity index (χ0) is 14.5. The van der Waals surface area contributed by atoms with Gasteiger partial charge in [-0.15, -0.1) is 0 Å². The molecule has 1 aliphatic carbocycles. The van der Waals surface area contributed by atoms with Crippen molar-refractivity contribution in [3.63, 3.8) is 0 Å². The van der Waals surface area contributed by atoms with E-state index in [1.807, 2.05) is 0 Å². The summed E-state index contributed by atoms with van der Waals surface area (Å²) in [5.41, 5.74) is 1.44. The minimum Gasteiger partial charge on any atom is -0.309 e. The van der Waals surface area contributed by atoms with Crippen LogP contribution >= 0.6 is 0 Å². The van der Waals surface area contributed by atoms with Gasteiger partial charge in [-0.25, -0.2) is 0 Å². The number of nitrogens with zero attached hydrogens (tertiary/aromatic N) is 1. The van der Waals surface area contributed by atoms with Gasteiger partial charge in [0.25, 0.3) is 0 Å². The molecule has 1 aliphatic heterocycles. The number of rotatable bonds is 6.